The molecule has 0 fully saturated rings. The highest BCUT2D eigenvalue weighted by atomic mass is 35.5. The molecule has 0 aromatic carbocycles. The first-order valence-electron chi connectivity index (χ1n) is 5.46. The minimum Gasteiger partial charge on any atom is -0.311 e. The quantitative estimate of drug-likeness (QED) is 0.902. The number of rotatable bonds is 4. The van der Waals surface area contributed by atoms with E-state index in [9.17, 15) is 0 Å². The average Bonchev–Trinajstić information content (AvgIpc) is 2.68. The fraction of sp³-hybridized carbons (Fsp3) is 0.333. The minimum absolute atomic E-state index is 0.150. The summed E-state index contributed by atoms with van der Waals surface area (Å²) in [4.78, 5) is 4.01. The van der Waals surface area contributed by atoms with Crippen molar-refractivity contribution in [2.45, 2.75) is 12.5 Å². The minimum atomic E-state index is 0.150. The first-order valence-corrected chi connectivity index (χ1v) is 5.83. The number of nitrogens with one attached hydrogen (secondary N) is 1. The van der Waals surface area contributed by atoms with Crippen LogP contribution in [0.25, 0.3) is 0 Å². The van der Waals surface area contributed by atoms with Crippen molar-refractivity contribution < 1.29 is 0 Å². The van der Waals surface area contributed by atoms with Gasteiger partial charge in [0.1, 0.15) is 0 Å². The summed E-state index contributed by atoms with van der Waals surface area (Å²) in [5, 5.41) is 8.12. The van der Waals surface area contributed by atoms with Crippen LogP contribution in [0.3, 0.4) is 0 Å². The van der Waals surface area contributed by atoms with E-state index in [1.807, 2.05) is 30.9 Å². The number of halogens is 1. The Morgan fingerprint density at radius 3 is 2.65 bits per heavy atom. The van der Waals surface area contributed by atoms with Gasteiger partial charge < -0.3 is 5.32 Å². The molecule has 1 unspecified atom stereocenters. The van der Waals surface area contributed by atoms with Gasteiger partial charge in [-0.1, -0.05) is 11.6 Å². The lowest BCUT2D eigenvalue weighted by atomic mass is 10.0. The lowest BCUT2D eigenvalue weighted by molar-refractivity contribution is 0.537. The highest BCUT2D eigenvalue weighted by molar-refractivity contribution is 6.31. The molecule has 2 heterocycles. The molecule has 0 saturated carbocycles. The maximum atomic E-state index is 6.15. The largest absolute Gasteiger partial charge is 0.311 e. The molecule has 0 aliphatic heterocycles. The Balaban J connectivity index is 2.23. The van der Waals surface area contributed by atoms with Gasteiger partial charge in [-0.25, -0.2) is 0 Å². The van der Waals surface area contributed by atoms with E-state index in [0.717, 1.165) is 12.1 Å². The summed E-state index contributed by atoms with van der Waals surface area (Å²) < 4.78 is 1.81. The van der Waals surface area contributed by atoms with Crippen molar-refractivity contribution in [2.75, 3.05) is 7.05 Å². The summed E-state index contributed by atoms with van der Waals surface area (Å²) in [7, 11) is 3.83. The molecule has 5 heteroatoms. The third kappa shape index (κ3) is 2.65. The smallest absolute Gasteiger partial charge is 0.0834 e. The molecule has 0 aliphatic carbocycles. The highest BCUT2D eigenvalue weighted by Crippen LogP contribution is 2.24. The number of pyridine rings is 1. The number of hydrogen-bond donors (Lipinski definition) is 1. The predicted molar refractivity (Wildman–Crippen MR) is 68.0 cm³/mol. The maximum absolute atomic E-state index is 6.15. The van der Waals surface area contributed by atoms with Crippen LogP contribution in [0.5, 0.6) is 0 Å². The normalized spacial score (nSPS) is 12.6. The molecule has 1 N–H and O–H groups in total. The summed E-state index contributed by atoms with van der Waals surface area (Å²) in [5.74, 6) is 0. The van der Waals surface area contributed by atoms with Crippen molar-refractivity contribution in [1.82, 2.24) is 20.1 Å². The van der Waals surface area contributed by atoms with Crippen LogP contribution in [0.1, 0.15) is 17.3 Å². The van der Waals surface area contributed by atoms with Gasteiger partial charge in [-0.2, -0.15) is 5.10 Å². The molecular weight excluding hydrogens is 236 g/mol. The molecule has 2 rings (SSSR count). The van der Waals surface area contributed by atoms with Gasteiger partial charge in [-0.05, 0) is 31.2 Å². The Hall–Kier alpha value is -1.39. The standard InChI is InChI=1S/C12H15ClN4/c1-14-11(7-9-3-5-15-6-4-9)12-10(13)8-16-17(12)2/h3-6,8,11,14H,7H2,1-2H3. The zero-order valence-corrected chi connectivity index (χ0v) is 10.6. The van der Waals surface area contributed by atoms with Gasteiger partial charge in [-0.3, -0.25) is 9.67 Å². The van der Waals surface area contributed by atoms with Crippen LogP contribution >= 0.6 is 11.6 Å². The lowest BCUT2D eigenvalue weighted by Gasteiger charge is -2.17. The number of nitrogens with zero attached hydrogens (tertiary/aromatic N) is 3. The van der Waals surface area contributed by atoms with Crippen molar-refractivity contribution >= 4 is 11.6 Å². The second-order valence-electron chi connectivity index (χ2n) is 3.90. The molecule has 0 amide bonds. The summed E-state index contributed by atoms with van der Waals surface area (Å²) in [6.07, 6.45) is 6.13. The lowest BCUT2D eigenvalue weighted by Crippen LogP contribution is -2.22. The van der Waals surface area contributed by atoms with E-state index in [1.54, 1.807) is 18.6 Å². The van der Waals surface area contributed by atoms with Crippen LogP contribution < -0.4 is 5.32 Å². The summed E-state index contributed by atoms with van der Waals surface area (Å²) in [6, 6.07) is 4.17. The monoisotopic (exact) mass is 250 g/mol. The fourth-order valence-corrected chi connectivity index (χ4v) is 2.20. The van der Waals surface area contributed by atoms with Crippen LogP contribution in [0, 0.1) is 0 Å². The number of hydrogen-bond acceptors (Lipinski definition) is 3. The van der Waals surface area contributed by atoms with Crippen LogP contribution in [-0.4, -0.2) is 21.8 Å². The molecule has 0 radical (unpaired) electrons. The van der Waals surface area contributed by atoms with Gasteiger partial charge in [0.05, 0.1) is 23.0 Å². The van der Waals surface area contributed by atoms with E-state index in [4.69, 9.17) is 11.6 Å². The van der Waals surface area contributed by atoms with E-state index >= 15 is 0 Å². The molecule has 1 atom stereocenters. The number of aryl methyl sites for hydroxylation is 1. The Labute approximate surface area is 106 Å². The third-order valence-corrected chi connectivity index (χ3v) is 3.10. The molecule has 2 aromatic heterocycles. The van der Waals surface area contributed by atoms with E-state index in [2.05, 4.69) is 15.4 Å². The Bertz CT molecular complexity index is 461. The molecule has 0 aliphatic rings. The third-order valence-electron chi connectivity index (χ3n) is 2.81. The van der Waals surface area contributed by atoms with E-state index in [1.165, 1.54) is 5.56 Å². The van der Waals surface area contributed by atoms with Crippen LogP contribution in [0.15, 0.2) is 30.7 Å². The van der Waals surface area contributed by atoms with Crippen LogP contribution in [-0.2, 0) is 13.5 Å². The highest BCUT2D eigenvalue weighted by Gasteiger charge is 2.17. The van der Waals surface area contributed by atoms with Crippen molar-refractivity contribution in [3.05, 3.63) is 47.0 Å². The summed E-state index contributed by atoms with van der Waals surface area (Å²) >= 11 is 6.15. The average molecular weight is 251 g/mol. The molecule has 4 nitrogen and oxygen atoms in total. The first kappa shape index (κ1) is 12.1. The molecule has 17 heavy (non-hydrogen) atoms. The van der Waals surface area contributed by atoms with Gasteiger partial charge in [-0.15, -0.1) is 0 Å². The van der Waals surface area contributed by atoms with E-state index < -0.39 is 0 Å². The van der Waals surface area contributed by atoms with E-state index in [-0.39, 0.29) is 6.04 Å². The van der Waals surface area contributed by atoms with Crippen LogP contribution in [0.4, 0.5) is 0 Å². The Kier molecular flexibility index (Phi) is 3.76. The molecule has 0 bridgehead atoms. The van der Waals surface area contributed by atoms with Gasteiger partial charge in [0.2, 0.25) is 0 Å². The second kappa shape index (κ2) is 5.29. The molecule has 2 aromatic rings. The molecular formula is C12H15ClN4. The van der Waals surface area contributed by atoms with Gasteiger partial charge in [0.15, 0.2) is 0 Å². The molecule has 0 spiro atoms. The summed E-state index contributed by atoms with van der Waals surface area (Å²) in [5.41, 5.74) is 2.22. The molecule has 0 saturated heterocycles. The summed E-state index contributed by atoms with van der Waals surface area (Å²) in [6.45, 7) is 0. The van der Waals surface area contributed by atoms with Crippen LogP contribution in [0.2, 0.25) is 5.02 Å². The SMILES string of the molecule is CNC(Cc1ccncc1)c1c(Cl)cnn1C. The fourth-order valence-electron chi connectivity index (χ4n) is 1.90. The van der Waals surface area contributed by atoms with Crippen molar-refractivity contribution in [1.29, 1.82) is 0 Å². The zero-order chi connectivity index (χ0) is 12.3. The number of aromatic nitrogens is 3. The number of likely N-dealkylation sites (N-methyl/N-ethyl adjacent to an activating group) is 1. The van der Waals surface area contributed by atoms with Gasteiger partial charge in [0, 0.05) is 19.4 Å². The first-order chi connectivity index (χ1) is 8.22. The van der Waals surface area contributed by atoms with Gasteiger partial charge in [0.25, 0.3) is 0 Å². The Morgan fingerprint density at radius 2 is 2.12 bits per heavy atom. The van der Waals surface area contributed by atoms with Crippen molar-refractivity contribution in [2.24, 2.45) is 7.05 Å². The molecule has 90 valence electrons. The Morgan fingerprint density at radius 1 is 1.41 bits per heavy atom. The predicted octanol–water partition coefficient (Wildman–Crippen LogP) is 1.97. The zero-order valence-electron chi connectivity index (χ0n) is 9.89. The second-order valence-corrected chi connectivity index (χ2v) is 4.31. The topological polar surface area (TPSA) is 42.7 Å². The van der Waals surface area contributed by atoms with E-state index in [0.29, 0.717) is 5.02 Å². The van der Waals surface area contributed by atoms with Crippen molar-refractivity contribution in [3.63, 3.8) is 0 Å². The maximum Gasteiger partial charge on any atom is 0.0834 e. The van der Waals surface area contributed by atoms with Crippen molar-refractivity contribution in [3.8, 4) is 0 Å². The van der Waals surface area contributed by atoms with Gasteiger partial charge >= 0.3 is 0 Å².